The fourth-order valence-electron chi connectivity index (χ4n) is 1.44. The summed E-state index contributed by atoms with van der Waals surface area (Å²) in [5, 5.41) is 11.4. The molecule has 2 heterocycles. The number of imidazole rings is 1. The molecule has 0 aliphatic carbocycles. The molecule has 0 bridgehead atoms. The van der Waals surface area contributed by atoms with Crippen molar-refractivity contribution in [2.24, 2.45) is 0 Å². The topological polar surface area (TPSA) is 97.4 Å². The molecule has 2 N–H and O–H groups in total. The van der Waals surface area contributed by atoms with Crippen molar-refractivity contribution in [3.63, 3.8) is 0 Å². The lowest BCUT2D eigenvalue weighted by Crippen LogP contribution is -2.26. The first-order valence-electron chi connectivity index (χ1n) is 5.34. The van der Waals surface area contributed by atoms with Gasteiger partial charge in [-0.3, -0.25) is 4.79 Å². The normalized spacial score (nSPS) is 10.4. The molecule has 1 amide bonds. The van der Waals surface area contributed by atoms with Gasteiger partial charge in [-0.2, -0.15) is 0 Å². The average Bonchev–Trinajstić information content (AvgIpc) is 2.97. The zero-order valence-corrected chi connectivity index (χ0v) is 11.3. The van der Waals surface area contributed by atoms with Crippen LogP contribution >= 0.6 is 15.9 Å². The minimum atomic E-state index is -1.08. The molecule has 0 atom stereocenters. The van der Waals surface area contributed by atoms with E-state index in [-0.39, 0.29) is 11.6 Å². The zero-order chi connectivity index (χ0) is 13.8. The monoisotopic (exact) mass is 327 g/mol. The molecule has 0 aliphatic heterocycles. The molecule has 2 aromatic rings. The minimum absolute atomic E-state index is 0.0242. The Balaban J connectivity index is 1.85. The number of hydrogen-bond donors (Lipinski definition) is 2. The highest BCUT2D eigenvalue weighted by molar-refractivity contribution is 9.10. The molecule has 19 heavy (non-hydrogen) atoms. The molecule has 100 valence electrons. The number of halogens is 1. The van der Waals surface area contributed by atoms with Crippen molar-refractivity contribution in [1.82, 2.24) is 14.9 Å². The quantitative estimate of drug-likeness (QED) is 0.864. The number of carbonyl (C=O) groups is 2. The van der Waals surface area contributed by atoms with Gasteiger partial charge >= 0.3 is 5.97 Å². The number of carboxylic acid groups (broad SMARTS) is 1. The molecule has 2 aromatic heterocycles. The van der Waals surface area contributed by atoms with E-state index in [0.717, 1.165) is 0 Å². The van der Waals surface area contributed by atoms with Crippen molar-refractivity contribution in [1.29, 1.82) is 0 Å². The highest BCUT2D eigenvalue weighted by atomic mass is 79.9. The molecule has 0 radical (unpaired) electrons. The fourth-order valence-corrected chi connectivity index (χ4v) is 1.86. The van der Waals surface area contributed by atoms with Crippen LogP contribution in [0.1, 0.15) is 20.8 Å². The van der Waals surface area contributed by atoms with Gasteiger partial charge in [-0.25, -0.2) is 9.78 Å². The van der Waals surface area contributed by atoms with Crippen LogP contribution in [-0.2, 0) is 6.54 Å². The van der Waals surface area contributed by atoms with Gasteiger partial charge in [0.25, 0.3) is 5.91 Å². The van der Waals surface area contributed by atoms with Crippen LogP contribution in [0.25, 0.3) is 0 Å². The van der Waals surface area contributed by atoms with E-state index >= 15 is 0 Å². The Kier molecular flexibility index (Phi) is 4.00. The van der Waals surface area contributed by atoms with Gasteiger partial charge in [-0.1, -0.05) is 0 Å². The Morgan fingerprint density at radius 2 is 2.32 bits per heavy atom. The highest BCUT2D eigenvalue weighted by Gasteiger charge is 2.12. The highest BCUT2D eigenvalue weighted by Crippen LogP contribution is 2.16. The molecule has 0 aliphatic rings. The summed E-state index contributed by atoms with van der Waals surface area (Å²) in [7, 11) is 0. The Morgan fingerprint density at radius 3 is 2.89 bits per heavy atom. The van der Waals surface area contributed by atoms with Gasteiger partial charge in [0.2, 0.25) is 0 Å². The second kappa shape index (κ2) is 5.70. The van der Waals surface area contributed by atoms with Gasteiger partial charge < -0.3 is 19.4 Å². The van der Waals surface area contributed by atoms with Crippen molar-refractivity contribution >= 4 is 27.8 Å². The van der Waals surface area contributed by atoms with Gasteiger partial charge in [0, 0.05) is 19.3 Å². The second-order valence-corrected chi connectivity index (χ2v) is 4.39. The van der Waals surface area contributed by atoms with E-state index in [2.05, 4.69) is 26.2 Å². The number of amides is 1. The van der Waals surface area contributed by atoms with Gasteiger partial charge in [0.05, 0.1) is 18.2 Å². The van der Waals surface area contributed by atoms with Crippen LogP contribution in [0.15, 0.2) is 33.9 Å². The summed E-state index contributed by atoms with van der Waals surface area (Å²) >= 11 is 3.12. The number of nitrogens with one attached hydrogen (secondary N) is 1. The molecular weight excluding hydrogens is 318 g/mol. The average molecular weight is 328 g/mol. The maximum Gasteiger partial charge on any atom is 0.356 e. The number of aromatic carboxylic acids is 1. The summed E-state index contributed by atoms with van der Waals surface area (Å²) in [4.78, 5) is 26.0. The minimum Gasteiger partial charge on any atom is -0.476 e. The predicted molar refractivity (Wildman–Crippen MR) is 67.9 cm³/mol. The number of hydrogen-bond acceptors (Lipinski definition) is 4. The molecular formula is C11H10BrN3O4. The van der Waals surface area contributed by atoms with E-state index in [0.29, 0.717) is 23.3 Å². The third-order valence-corrected chi connectivity index (χ3v) is 2.98. The number of carboxylic acids is 1. The fraction of sp³-hybridized carbons (Fsp3) is 0.182. The van der Waals surface area contributed by atoms with E-state index < -0.39 is 5.97 Å². The molecule has 0 spiro atoms. The summed E-state index contributed by atoms with van der Waals surface area (Å²) < 4.78 is 6.92. The van der Waals surface area contributed by atoms with Gasteiger partial charge in [0.15, 0.2) is 10.4 Å². The molecule has 7 nitrogen and oxygen atoms in total. The maximum absolute atomic E-state index is 11.7. The van der Waals surface area contributed by atoms with E-state index in [4.69, 9.17) is 9.52 Å². The zero-order valence-electron chi connectivity index (χ0n) is 9.67. The first kappa shape index (κ1) is 13.3. The number of aromatic nitrogens is 2. The molecule has 8 heteroatoms. The summed E-state index contributed by atoms with van der Waals surface area (Å²) in [6.07, 6.45) is 4.22. The van der Waals surface area contributed by atoms with Crippen LogP contribution in [0.5, 0.6) is 0 Å². The molecule has 2 rings (SSSR count). The van der Waals surface area contributed by atoms with Crippen LogP contribution < -0.4 is 5.32 Å². The largest absolute Gasteiger partial charge is 0.476 e. The lowest BCUT2D eigenvalue weighted by atomic mass is 10.3. The van der Waals surface area contributed by atoms with E-state index in [1.807, 2.05) is 0 Å². The lowest BCUT2D eigenvalue weighted by molar-refractivity contribution is 0.0690. The lowest BCUT2D eigenvalue weighted by Gasteiger charge is -2.04. The van der Waals surface area contributed by atoms with E-state index in [9.17, 15) is 9.59 Å². The molecule has 0 fully saturated rings. The van der Waals surface area contributed by atoms with Crippen molar-refractivity contribution in [2.75, 3.05) is 6.54 Å². The van der Waals surface area contributed by atoms with Crippen LogP contribution in [0.4, 0.5) is 0 Å². The van der Waals surface area contributed by atoms with Crippen LogP contribution in [0.3, 0.4) is 0 Å². The van der Waals surface area contributed by atoms with Crippen LogP contribution in [0, 0.1) is 0 Å². The molecule has 0 saturated carbocycles. The summed E-state index contributed by atoms with van der Waals surface area (Å²) in [6, 6.07) is 1.55. The number of furan rings is 1. The van der Waals surface area contributed by atoms with Crippen molar-refractivity contribution in [3.05, 3.63) is 40.8 Å². The van der Waals surface area contributed by atoms with E-state index in [1.165, 1.54) is 18.8 Å². The molecule has 0 unspecified atom stereocenters. The Bertz CT molecular complexity index is 605. The number of rotatable bonds is 5. The van der Waals surface area contributed by atoms with Crippen molar-refractivity contribution in [3.8, 4) is 0 Å². The predicted octanol–water partition coefficient (Wildman–Crippen LogP) is 1.37. The molecule has 0 saturated heterocycles. The van der Waals surface area contributed by atoms with Crippen molar-refractivity contribution < 1.29 is 19.1 Å². The van der Waals surface area contributed by atoms with Crippen LogP contribution in [-0.4, -0.2) is 33.1 Å². The Morgan fingerprint density at radius 1 is 1.53 bits per heavy atom. The number of nitrogens with zero attached hydrogens (tertiary/aromatic N) is 2. The standard InChI is InChI=1S/C11H10BrN3O4/c12-9-7(1-4-19-9)10(16)13-2-3-15-5-8(11(17)18)14-6-15/h1,4-6H,2-3H2,(H,13,16)(H,17,18). The van der Waals surface area contributed by atoms with Gasteiger partial charge in [0.1, 0.15) is 0 Å². The first-order valence-corrected chi connectivity index (χ1v) is 6.13. The summed E-state index contributed by atoms with van der Waals surface area (Å²) in [6.45, 7) is 0.785. The summed E-state index contributed by atoms with van der Waals surface area (Å²) in [5.41, 5.74) is 0.390. The Hall–Kier alpha value is -2.09. The third kappa shape index (κ3) is 3.22. The van der Waals surface area contributed by atoms with Crippen LogP contribution in [0.2, 0.25) is 0 Å². The third-order valence-electron chi connectivity index (χ3n) is 2.37. The Labute approximate surface area is 116 Å². The second-order valence-electron chi connectivity index (χ2n) is 3.67. The smallest absolute Gasteiger partial charge is 0.356 e. The van der Waals surface area contributed by atoms with Gasteiger partial charge in [-0.15, -0.1) is 0 Å². The van der Waals surface area contributed by atoms with Gasteiger partial charge in [-0.05, 0) is 22.0 Å². The SMILES string of the molecule is O=C(O)c1cn(CCNC(=O)c2ccoc2Br)cn1. The molecule has 0 aromatic carbocycles. The first-order chi connectivity index (χ1) is 9.08. The van der Waals surface area contributed by atoms with E-state index in [1.54, 1.807) is 10.6 Å². The maximum atomic E-state index is 11.7. The van der Waals surface area contributed by atoms with Crippen molar-refractivity contribution in [2.45, 2.75) is 6.54 Å². The summed E-state index contributed by atoms with van der Waals surface area (Å²) in [5.74, 6) is -1.34. The number of carbonyl (C=O) groups excluding carboxylic acids is 1.